The van der Waals surface area contributed by atoms with Crippen LogP contribution in [0.15, 0.2) is 115 Å². The van der Waals surface area contributed by atoms with E-state index in [1.165, 1.54) is 6.21 Å². The summed E-state index contributed by atoms with van der Waals surface area (Å²) in [5, 5.41) is 15.0. The Bertz CT molecular complexity index is 1190. The van der Waals surface area contributed by atoms with Crippen molar-refractivity contribution in [2.24, 2.45) is 10.3 Å². The zero-order chi connectivity index (χ0) is 25.8. The van der Waals surface area contributed by atoms with Crippen LogP contribution in [-0.4, -0.2) is 37.1 Å². The molecule has 0 aliphatic carbocycles. The zero-order valence-electron chi connectivity index (χ0n) is 20.2. The molecule has 1 atom stereocenters. The molecule has 5 rings (SSSR count). The minimum atomic E-state index is -0.0774. The summed E-state index contributed by atoms with van der Waals surface area (Å²) in [5.74, 6) is 0. The smallest absolute Gasteiger partial charge is 0.769 e. The molecule has 0 amide bonds. The van der Waals surface area contributed by atoms with Crippen LogP contribution < -0.4 is 34.2 Å². The van der Waals surface area contributed by atoms with Gasteiger partial charge in [-0.1, -0.05) is 35.1 Å². The number of oxime groups is 2. The number of pyridine rings is 4. The Balaban J connectivity index is 0.000000292. The third kappa shape index (κ3) is 11.9. The van der Waals surface area contributed by atoms with Gasteiger partial charge >= 0.3 is 29.6 Å². The molecule has 9 nitrogen and oxygen atoms in total. The minimum Gasteiger partial charge on any atom is -0.769 e. The molecule has 0 radical (unpaired) electrons. The Morgan fingerprint density at radius 3 is 2.14 bits per heavy atom. The third-order valence-electron chi connectivity index (χ3n) is 4.47. The number of halogens is 1. The molecule has 11 heteroatoms. The van der Waals surface area contributed by atoms with Gasteiger partial charge in [-0.05, 0) is 48.5 Å². The quantitative estimate of drug-likeness (QED) is 0.184. The number of hydrogen-bond acceptors (Lipinski definition) is 9. The second-order valence-corrected chi connectivity index (χ2v) is 6.82. The number of nitrogens with zero attached hydrogens (tertiary/aromatic N) is 6. The molecule has 0 fully saturated rings. The van der Waals surface area contributed by atoms with Crippen LogP contribution in [0.5, 0.6) is 0 Å². The second-order valence-electron chi connectivity index (χ2n) is 6.82. The van der Waals surface area contributed by atoms with Crippen molar-refractivity contribution in [1.82, 2.24) is 19.9 Å². The molecule has 184 valence electrons. The normalized spacial score (nSPS) is 13.0. The number of aromatic nitrogens is 4. The fraction of sp³-hybridized carbons (Fsp3) is 0.0769. The van der Waals surface area contributed by atoms with E-state index in [0.717, 1.165) is 34.6 Å². The summed E-state index contributed by atoms with van der Waals surface area (Å²) >= 11 is 3.39. The van der Waals surface area contributed by atoms with Crippen molar-refractivity contribution in [3.63, 3.8) is 0 Å². The van der Waals surface area contributed by atoms with Gasteiger partial charge < -0.3 is 14.7 Å². The third-order valence-corrected chi connectivity index (χ3v) is 4.47. The minimum absolute atomic E-state index is 0. The predicted octanol–water partition coefficient (Wildman–Crippen LogP) is 1.46. The van der Waals surface area contributed by atoms with Gasteiger partial charge in [0, 0.05) is 54.7 Å². The summed E-state index contributed by atoms with van der Waals surface area (Å²) in [6.45, 7) is 3.57. The summed E-state index contributed by atoms with van der Waals surface area (Å²) in [5.41, 5.74) is 4.56. The topological polar surface area (TPSA) is 129 Å². The van der Waals surface area contributed by atoms with Crippen LogP contribution in [0.25, 0.3) is 6.08 Å². The maximum Gasteiger partial charge on any atom is 1.00 e. The van der Waals surface area contributed by atoms with E-state index >= 15 is 0 Å². The Morgan fingerprint density at radius 2 is 1.62 bits per heavy atom. The van der Waals surface area contributed by atoms with E-state index in [-0.39, 0.29) is 35.7 Å². The predicted molar refractivity (Wildman–Crippen MR) is 137 cm³/mol. The zero-order valence-corrected chi connectivity index (χ0v) is 23.0. The van der Waals surface area contributed by atoms with Gasteiger partial charge in [-0.15, -0.1) is 0 Å². The standard InChI is InChI=1S/C13H11N3O.C7H7N.C6H6N2O.ClO.Na/c1-2-7-15-11(5-1)13-8-12(16-17-13)10-4-3-6-14-9-10;1-2-7-5-3-4-6-8-7;9-8-5-6-2-1-3-7-4-6;1-2;/h1-7,9,13H,8H2;2-6H,1H2;1-5,9H;;/q;;;-1;+1/b;;8-5+;;. The average molecular weight is 527 g/mol. The van der Waals surface area contributed by atoms with E-state index in [1.807, 2.05) is 48.5 Å². The monoisotopic (exact) mass is 526 g/mol. The second kappa shape index (κ2) is 19.7. The number of hydrogen-bond donors (Lipinski definition) is 1. The van der Waals surface area contributed by atoms with E-state index in [4.69, 9.17) is 14.7 Å². The molecule has 0 bridgehead atoms. The van der Waals surface area contributed by atoms with Gasteiger partial charge in [0.1, 0.15) is 0 Å². The molecule has 1 N–H and O–H groups in total. The van der Waals surface area contributed by atoms with Gasteiger partial charge in [0.05, 0.1) is 23.3 Å². The molecular weight excluding hydrogens is 503 g/mol. The SMILES string of the molecule is C=Cc1ccccn1.O/N=C/c1cccnc1.[Na+].[O-]Cl.c1ccc(C2CC(c3cccnc3)=NO2)nc1. The van der Waals surface area contributed by atoms with Crippen LogP contribution in [0.4, 0.5) is 0 Å². The van der Waals surface area contributed by atoms with Crippen LogP contribution in [0.3, 0.4) is 0 Å². The molecule has 4 aromatic rings. The van der Waals surface area contributed by atoms with E-state index in [2.05, 4.69) is 48.7 Å². The summed E-state index contributed by atoms with van der Waals surface area (Å²) in [6.07, 6.45) is 14.0. The van der Waals surface area contributed by atoms with Crippen LogP contribution in [-0.2, 0) is 4.84 Å². The van der Waals surface area contributed by atoms with E-state index in [0.29, 0.717) is 0 Å². The van der Waals surface area contributed by atoms with Crippen molar-refractivity contribution < 1.29 is 44.3 Å². The summed E-state index contributed by atoms with van der Waals surface area (Å²) in [7, 11) is 0. The molecule has 0 saturated carbocycles. The van der Waals surface area contributed by atoms with Gasteiger partial charge in [-0.2, -0.15) is 0 Å². The van der Waals surface area contributed by atoms with Gasteiger partial charge in [0.25, 0.3) is 0 Å². The Morgan fingerprint density at radius 1 is 0.919 bits per heavy atom. The van der Waals surface area contributed by atoms with Crippen LogP contribution in [0.1, 0.15) is 35.0 Å². The van der Waals surface area contributed by atoms with E-state index < -0.39 is 0 Å². The first kappa shape index (κ1) is 31.6. The van der Waals surface area contributed by atoms with Crippen molar-refractivity contribution in [3.8, 4) is 0 Å². The fourth-order valence-electron chi connectivity index (χ4n) is 2.82. The van der Waals surface area contributed by atoms with Crippen molar-refractivity contribution >= 4 is 29.9 Å². The van der Waals surface area contributed by atoms with Crippen LogP contribution in [0, 0.1) is 0 Å². The summed E-state index contributed by atoms with van der Waals surface area (Å²) in [4.78, 5) is 21.5. The molecule has 0 saturated heterocycles. The van der Waals surface area contributed by atoms with E-state index in [9.17, 15) is 0 Å². The molecule has 1 unspecified atom stereocenters. The first-order valence-electron chi connectivity index (χ1n) is 10.6. The molecule has 0 aromatic carbocycles. The summed E-state index contributed by atoms with van der Waals surface area (Å²) < 4.78 is 7.72. The largest absolute Gasteiger partial charge is 1.00 e. The van der Waals surface area contributed by atoms with Gasteiger partial charge in [-0.25, -0.2) is 11.9 Å². The Hall–Kier alpha value is -3.47. The molecule has 1 aliphatic rings. The van der Waals surface area contributed by atoms with Crippen molar-refractivity contribution in [2.75, 3.05) is 0 Å². The molecule has 0 spiro atoms. The fourth-order valence-corrected chi connectivity index (χ4v) is 2.82. The molecule has 1 aliphatic heterocycles. The Labute approximate surface area is 242 Å². The molecule has 4 aromatic heterocycles. The maximum absolute atomic E-state index is 8.06. The van der Waals surface area contributed by atoms with Gasteiger partial charge in [-0.3, -0.25) is 19.9 Å². The molecular formula is C26H24ClN6NaO3. The van der Waals surface area contributed by atoms with Gasteiger partial charge in [0.15, 0.2) is 6.10 Å². The average Bonchev–Trinajstić information content (AvgIpc) is 3.48. The van der Waals surface area contributed by atoms with Crippen molar-refractivity contribution in [2.45, 2.75) is 12.5 Å². The Kier molecular flexibility index (Phi) is 16.8. The first-order chi connectivity index (χ1) is 17.8. The van der Waals surface area contributed by atoms with Crippen LogP contribution in [0.2, 0.25) is 0 Å². The van der Waals surface area contributed by atoms with Crippen LogP contribution >= 0.6 is 11.9 Å². The van der Waals surface area contributed by atoms with Gasteiger partial charge in [0.2, 0.25) is 0 Å². The van der Waals surface area contributed by atoms with Crippen molar-refractivity contribution in [1.29, 1.82) is 0 Å². The maximum atomic E-state index is 8.06. The van der Waals surface area contributed by atoms with E-state index in [1.54, 1.807) is 55.4 Å². The first-order valence-corrected chi connectivity index (χ1v) is 10.9. The molecule has 37 heavy (non-hydrogen) atoms. The number of rotatable bonds is 4. The molecule has 5 heterocycles. The summed E-state index contributed by atoms with van der Waals surface area (Å²) in [6, 6.07) is 19.0. The van der Waals surface area contributed by atoms with Crippen molar-refractivity contribution in [3.05, 3.63) is 127 Å².